The SMILES string of the molecule is CC(C)(C)OC(=O)N1CCN(Cc2ccn(Cc3cccc(Br)c3)c(=O)c2O)CC1. The second-order valence-corrected chi connectivity index (χ2v) is 9.41. The van der Waals surface area contributed by atoms with Crippen LogP contribution in [0.15, 0.2) is 45.8 Å². The lowest BCUT2D eigenvalue weighted by Crippen LogP contribution is -2.49. The van der Waals surface area contributed by atoms with Gasteiger partial charge >= 0.3 is 6.09 Å². The van der Waals surface area contributed by atoms with Crippen LogP contribution < -0.4 is 5.56 Å². The summed E-state index contributed by atoms with van der Waals surface area (Å²) in [6.07, 6.45) is 1.41. The van der Waals surface area contributed by atoms with E-state index < -0.39 is 11.2 Å². The summed E-state index contributed by atoms with van der Waals surface area (Å²) in [6.45, 7) is 8.81. The number of aromatic nitrogens is 1. The maximum Gasteiger partial charge on any atom is 0.410 e. The van der Waals surface area contributed by atoms with Gasteiger partial charge in [-0.3, -0.25) is 9.69 Å². The molecule has 0 aliphatic carbocycles. The minimum atomic E-state index is -0.514. The quantitative estimate of drug-likeness (QED) is 0.729. The van der Waals surface area contributed by atoms with Gasteiger partial charge in [0.2, 0.25) is 0 Å². The molecule has 162 valence electrons. The number of hydrogen-bond acceptors (Lipinski definition) is 5. The van der Waals surface area contributed by atoms with Gasteiger partial charge in [0.05, 0.1) is 6.54 Å². The van der Waals surface area contributed by atoms with Gasteiger partial charge in [0.1, 0.15) is 5.60 Å². The minimum Gasteiger partial charge on any atom is -0.503 e. The van der Waals surface area contributed by atoms with E-state index in [1.54, 1.807) is 17.2 Å². The molecular formula is C22H28BrN3O4. The van der Waals surface area contributed by atoms with Crippen molar-refractivity contribution in [2.75, 3.05) is 26.2 Å². The molecule has 8 heteroatoms. The lowest BCUT2D eigenvalue weighted by molar-refractivity contribution is 0.0138. The Morgan fingerprint density at radius 3 is 2.47 bits per heavy atom. The van der Waals surface area contributed by atoms with E-state index in [1.807, 2.05) is 45.0 Å². The summed E-state index contributed by atoms with van der Waals surface area (Å²) < 4.78 is 7.86. The van der Waals surface area contributed by atoms with E-state index in [-0.39, 0.29) is 11.8 Å². The molecule has 1 aliphatic rings. The van der Waals surface area contributed by atoms with Crippen molar-refractivity contribution in [3.63, 3.8) is 0 Å². The Hall–Kier alpha value is -2.32. The first-order valence-corrected chi connectivity index (χ1v) is 10.8. The van der Waals surface area contributed by atoms with Crippen molar-refractivity contribution in [1.82, 2.24) is 14.4 Å². The van der Waals surface area contributed by atoms with Crippen molar-refractivity contribution in [2.24, 2.45) is 0 Å². The molecule has 0 unspecified atom stereocenters. The minimum absolute atomic E-state index is 0.220. The van der Waals surface area contributed by atoms with Gasteiger partial charge in [0.15, 0.2) is 5.75 Å². The number of benzene rings is 1. The van der Waals surface area contributed by atoms with Crippen LogP contribution in [0, 0.1) is 0 Å². The molecule has 2 aromatic rings. The highest BCUT2D eigenvalue weighted by Gasteiger charge is 2.26. The third-order valence-corrected chi connectivity index (χ3v) is 5.38. The number of aromatic hydroxyl groups is 1. The molecule has 1 aromatic heterocycles. The third kappa shape index (κ3) is 5.86. The highest BCUT2D eigenvalue weighted by molar-refractivity contribution is 9.10. The number of nitrogens with zero attached hydrogens (tertiary/aromatic N) is 3. The molecule has 0 bridgehead atoms. The molecule has 2 heterocycles. The number of ether oxygens (including phenoxy) is 1. The maximum atomic E-state index is 12.6. The number of carbonyl (C=O) groups is 1. The molecule has 1 aromatic carbocycles. The second-order valence-electron chi connectivity index (χ2n) is 8.50. The summed E-state index contributed by atoms with van der Waals surface area (Å²) >= 11 is 3.43. The second kappa shape index (κ2) is 9.22. The van der Waals surface area contributed by atoms with Gasteiger partial charge in [-0.2, -0.15) is 0 Å². The lowest BCUT2D eigenvalue weighted by Gasteiger charge is -2.35. The standard InChI is InChI=1S/C22H28BrN3O4/c1-22(2,3)30-21(29)25-11-9-24(10-12-25)15-17-7-8-26(20(28)19(17)27)14-16-5-4-6-18(23)13-16/h4-8,13,27H,9-12,14-15H2,1-3H3. The van der Waals surface area contributed by atoms with Gasteiger partial charge in [-0.15, -0.1) is 0 Å². The number of carbonyl (C=O) groups excluding carboxylic acids is 1. The molecule has 1 N–H and O–H groups in total. The summed E-state index contributed by atoms with van der Waals surface area (Å²) in [5, 5.41) is 10.5. The van der Waals surface area contributed by atoms with Crippen molar-refractivity contribution in [1.29, 1.82) is 0 Å². The maximum absolute atomic E-state index is 12.6. The van der Waals surface area contributed by atoms with E-state index in [4.69, 9.17) is 4.74 Å². The molecule has 1 aliphatic heterocycles. The van der Waals surface area contributed by atoms with Crippen LogP contribution >= 0.6 is 15.9 Å². The first-order chi connectivity index (χ1) is 14.1. The van der Waals surface area contributed by atoms with E-state index in [2.05, 4.69) is 20.8 Å². The van der Waals surface area contributed by atoms with Crippen LogP contribution in [0.2, 0.25) is 0 Å². The Bertz CT molecular complexity index is 960. The molecule has 0 atom stereocenters. The molecule has 1 fully saturated rings. The molecule has 7 nitrogen and oxygen atoms in total. The van der Waals surface area contributed by atoms with Gasteiger partial charge in [-0.25, -0.2) is 4.79 Å². The smallest absolute Gasteiger partial charge is 0.410 e. The van der Waals surface area contributed by atoms with Crippen molar-refractivity contribution < 1.29 is 14.6 Å². The highest BCUT2D eigenvalue weighted by Crippen LogP contribution is 2.18. The zero-order valence-corrected chi connectivity index (χ0v) is 19.2. The Balaban J connectivity index is 1.61. The molecule has 1 amide bonds. The summed E-state index contributed by atoms with van der Waals surface area (Å²) in [5.41, 5.74) is 0.646. The largest absolute Gasteiger partial charge is 0.503 e. The summed E-state index contributed by atoms with van der Waals surface area (Å²) in [5.74, 6) is -0.220. The highest BCUT2D eigenvalue weighted by atomic mass is 79.9. The fourth-order valence-corrected chi connectivity index (χ4v) is 3.79. The lowest BCUT2D eigenvalue weighted by atomic mass is 10.2. The van der Waals surface area contributed by atoms with E-state index in [0.29, 0.717) is 44.8 Å². The van der Waals surface area contributed by atoms with Crippen molar-refractivity contribution in [3.05, 3.63) is 62.5 Å². The zero-order valence-electron chi connectivity index (χ0n) is 17.6. The average molecular weight is 478 g/mol. The van der Waals surface area contributed by atoms with Crippen LogP contribution in [0.1, 0.15) is 31.9 Å². The predicted octanol–water partition coefficient (Wildman–Crippen LogP) is 3.42. The summed E-state index contributed by atoms with van der Waals surface area (Å²) in [7, 11) is 0. The number of rotatable bonds is 4. The molecule has 30 heavy (non-hydrogen) atoms. The first kappa shape index (κ1) is 22.4. The third-order valence-electron chi connectivity index (χ3n) is 4.88. The van der Waals surface area contributed by atoms with Crippen molar-refractivity contribution in [3.8, 4) is 5.75 Å². The van der Waals surface area contributed by atoms with Crippen LogP contribution in [0.4, 0.5) is 4.79 Å². The first-order valence-electron chi connectivity index (χ1n) is 9.98. The Morgan fingerprint density at radius 2 is 1.83 bits per heavy atom. The van der Waals surface area contributed by atoms with E-state index in [1.165, 1.54) is 4.57 Å². The number of amides is 1. The van der Waals surface area contributed by atoms with E-state index in [9.17, 15) is 14.7 Å². The van der Waals surface area contributed by atoms with Crippen LogP contribution in [0.25, 0.3) is 0 Å². The van der Waals surface area contributed by atoms with Gasteiger partial charge in [0.25, 0.3) is 5.56 Å². The Morgan fingerprint density at radius 1 is 1.13 bits per heavy atom. The fraction of sp³-hybridized carbons (Fsp3) is 0.455. The van der Waals surface area contributed by atoms with Gasteiger partial charge in [0, 0.05) is 49.0 Å². The van der Waals surface area contributed by atoms with Gasteiger partial charge in [-0.05, 0) is 44.5 Å². The summed E-state index contributed by atoms with van der Waals surface area (Å²) in [6, 6.07) is 9.51. The number of piperazine rings is 1. The molecule has 0 saturated carbocycles. The number of hydrogen-bond donors (Lipinski definition) is 1. The molecular weight excluding hydrogens is 450 g/mol. The van der Waals surface area contributed by atoms with Gasteiger partial charge in [-0.1, -0.05) is 28.1 Å². The zero-order chi connectivity index (χ0) is 21.9. The molecule has 0 spiro atoms. The summed E-state index contributed by atoms with van der Waals surface area (Å²) in [4.78, 5) is 28.6. The van der Waals surface area contributed by atoms with Gasteiger partial charge < -0.3 is 19.3 Å². The average Bonchev–Trinajstić information content (AvgIpc) is 2.67. The van der Waals surface area contributed by atoms with Crippen LogP contribution in [-0.2, 0) is 17.8 Å². The normalized spacial score (nSPS) is 15.3. The topological polar surface area (TPSA) is 75.0 Å². The van der Waals surface area contributed by atoms with Crippen molar-refractivity contribution >= 4 is 22.0 Å². The van der Waals surface area contributed by atoms with E-state index >= 15 is 0 Å². The van der Waals surface area contributed by atoms with E-state index in [0.717, 1.165) is 10.0 Å². The number of halogens is 1. The number of pyridine rings is 1. The van der Waals surface area contributed by atoms with Crippen molar-refractivity contribution in [2.45, 2.75) is 39.5 Å². The molecule has 1 saturated heterocycles. The predicted molar refractivity (Wildman–Crippen MR) is 119 cm³/mol. The molecule has 0 radical (unpaired) electrons. The van der Waals surface area contributed by atoms with Crippen LogP contribution in [0.5, 0.6) is 5.75 Å². The Kier molecular flexibility index (Phi) is 6.88. The van der Waals surface area contributed by atoms with Crippen LogP contribution in [-0.4, -0.2) is 57.3 Å². The molecule has 3 rings (SSSR count). The monoisotopic (exact) mass is 477 g/mol. The Labute approximate surface area is 185 Å². The fourth-order valence-electron chi connectivity index (χ4n) is 3.34. The van der Waals surface area contributed by atoms with Crippen LogP contribution in [0.3, 0.4) is 0 Å².